The van der Waals surface area contributed by atoms with Crippen molar-refractivity contribution in [3.8, 4) is 12.3 Å². The van der Waals surface area contributed by atoms with Gasteiger partial charge in [-0.25, -0.2) is 0 Å². The lowest BCUT2D eigenvalue weighted by molar-refractivity contribution is -0.0164. The van der Waals surface area contributed by atoms with Crippen molar-refractivity contribution in [1.29, 1.82) is 0 Å². The molecular weight excluding hydrogens is 140 g/mol. The van der Waals surface area contributed by atoms with E-state index in [0.717, 1.165) is 19.4 Å². The molecule has 62 valence electrons. The first-order valence-corrected chi connectivity index (χ1v) is 3.87. The molecule has 0 amide bonds. The standard InChI is InChI=1S/C9H14O2/c1-3-9(7-10-2)5-4-6-11-8-9/h1H,4-8H2,2H3. The molecule has 1 atom stereocenters. The van der Waals surface area contributed by atoms with Crippen molar-refractivity contribution >= 4 is 0 Å². The van der Waals surface area contributed by atoms with Gasteiger partial charge in [-0.3, -0.25) is 0 Å². The fourth-order valence-electron chi connectivity index (χ4n) is 1.40. The summed E-state index contributed by atoms with van der Waals surface area (Å²) in [5, 5.41) is 0. The van der Waals surface area contributed by atoms with Crippen LogP contribution in [0.3, 0.4) is 0 Å². The van der Waals surface area contributed by atoms with Gasteiger partial charge in [0.25, 0.3) is 0 Å². The first-order chi connectivity index (χ1) is 5.33. The molecule has 0 aromatic heterocycles. The Morgan fingerprint density at radius 2 is 2.55 bits per heavy atom. The summed E-state index contributed by atoms with van der Waals surface area (Å²) in [6, 6.07) is 0. The molecule has 0 N–H and O–H groups in total. The first kappa shape index (κ1) is 8.58. The topological polar surface area (TPSA) is 18.5 Å². The van der Waals surface area contributed by atoms with E-state index in [1.54, 1.807) is 7.11 Å². The molecule has 1 fully saturated rings. The second-order valence-electron chi connectivity index (χ2n) is 3.01. The smallest absolute Gasteiger partial charge is 0.0778 e. The summed E-state index contributed by atoms with van der Waals surface area (Å²) in [4.78, 5) is 0. The van der Waals surface area contributed by atoms with E-state index >= 15 is 0 Å². The van der Waals surface area contributed by atoms with Gasteiger partial charge in [-0.2, -0.15) is 0 Å². The van der Waals surface area contributed by atoms with Crippen molar-refractivity contribution in [2.24, 2.45) is 5.41 Å². The van der Waals surface area contributed by atoms with Crippen LogP contribution in [0.4, 0.5) is 0 Å². The molecule has 0 aliphatic carbocycles. The Balaban J connectivity index is 2.51. The lowest BCUT2D eigenvalue weighted by Crippen LogP contribution is -2.34. The van der Waals surface area contributed by atoms with Gasteiger partial charge in [-0.05, 0) is 12.8 Å². The molecule has 0 aromatic carbocycles. The Bertz CT molecular complexity index is 146. The maximum atomic E-state index is 5.41. The highest BCUT2D eigenvalue weighted by molar-refractivity contribution is 5.06. The first-order valence-electron chi connectivity index (χ1n) is 3.87. The van der Waals surface area contributed by atoms with Crippen LogP contribution < -0.4 is 0 Å². The monoisotopic (exact) mass is 154 g/mol. The number of terminal acetylenes is 1. The molecule has 0 spiro atoms. The van der Waals surface area contributed by atoms with Gasteiger partial charge in [0.15, 0.2) is 0 Å². The zero-order valence-corrected chi connectivity index (χ0v) is 6.93. The molecular formula is C9H14O2. The molecule has 1 aliphatic heterocycles. The number of hydrogen-bond acceptors (Lipinski definition) is 2. The molecule has 0 bridgehead atoms. The van der Waals surface area contributed by atoms with Gasteiger partial charge in [0.05, 0.1) is 18.6 Å². The van der Waals surface area contributed by atoms with Crippen LogP contribution in [0, 0.1) is 17.8 Å². The summed E-state index contributed by atoms with van der Waals surface area (Å²) in [7, 11) is 1.67. The lowest BCUT2D eigenvalue weighted by Gasteiger charge is -2.31. The molecule has 0 aromatic rings. The van der Waals surface area contributed by atoms with Crippen LogP contribution in [-0.4, -0.2) is 26.9 Å². The normalized spacial score (nSPS) is 31.3. The highest BCUT2D eigenvalue weighted by Gasteiger charge is 2.30. The molecule has 11 heavy (non-hydrogen) atoms. The molecule has 2 heteroatoms. The average Bonchev–Trinajstić information content (AvgIpc) is 2.07. The van der Waals surface area contributed by atoms with E-state index < -0.39 is 0 Å². The van der Waals surface area contributed by atoms with E-state index in [-0.39, 0.29) is 5.41 Å². The van der Waals surface area contributed by atoms with E-state index in [1.807, 2.05) is 0 Å². The Morgan fingerprint density at radius 1 is 1.73 bits per heavy atom. The van der Waals surface area contributed by atoms with Crippen LogP contribution in [0.5, 0.6) is 0 Å². The quantitative estimate of drug-likeness (QED) is 0.554. The number of methoxy groups -OCH3 is 1. The van der Waals surface area contributed by atoms with Crippen LogP contribution in [0.25, 0.3) is 0 Å². The predicted molar refractivity (Wildman–Crippen MR) is 43.2 cm³/mol. The Labute approximate surface area is 67.9 Å². The largest absolute Gasteiger partial charge is 0.383 e. The third-order valence-corrected chi connectivity index (χ3v) is 2.05. The van der Waals surface area contributed by atoms with Crippen molar-refractivity contribution in [2.45, 2.75) is 12.8 Å². The Morgan fingerprint density at radius 3 is 3.00 bits per heavy atom. The molecule has 1 heterocycles. The minimum Gasteiger partial charge on any atom is -0.383 e. The predicted octanol–water partition coefficient (Wildman–Crippen LogP) is 1.06. The summed E-state index contributed by atoms with van der Waals surface area (Å²) in [5.74, 6) is 2.77. The van der Waals surface area contributed by atoms with E-state index in [1.165, 1.54) is 0 Å². The maximum Gasteiger partial charge on any atom is 0.0778 e. The highest BCUT2D eigenvalue weighted by Crippen LogP contribution is 2.27. The van der Waals surface area contributed by atoms with Crippen molar-refractivity contribution in [2.75, 3.05) is 26.9 Å². The Kier molecular flexibility index (Phi) is 2.92. The average molecular weight is 154 g/mol. The summed E-state index contributed by atoms with van der Waals surface area (Å²) >= 11 is 0. The van der Waals surface area contributed by atoms with Gasteiger partial charge in [0.2, 0.25) is 0 Å². The van der Waals surface area contributed by atoms with Gasteiger partial charge in [0, 0.05) is 13.7 Å². The molecule has 1 rings (SSSR count). The van der Waals surface area contributed by atoms with E-state index in [0.29, 0.717) is 13.2 Å². The lowest BCUT2D eigenvalue weighted by atomic mass is 9.84. The van der Waals surface area contributed by atoms with Crippen LogP contribution in [0.1, 0.15) is 12.8 Å². The van der Waals surface area contributed by atoms with Crippen LogP contribution in [-0.2, 0) is 9.47 Å². The number of hydrogen-bond donors (Lipinski definition) is 0. The molecule has 0 radical (unpaired) electrons. The van der Waals surface area contributed by atoms with Crippen LogP contribution in [0.15, 0.2) is 0 Å². The third-order valence-electron chi connectivity index (χ3n) is 2.05. The van der Waals surface area contributed by atoms with Gasteiger partial charge in [-0.15, -0.1) is 6.42 Å². The van der Waals surface area contributed by atoms with Gasteiger partial charge in [-0.1, -0.05) is 5.92 Å². The number of ether oxygens (including phenoxy) is 2. The van der Waals surface area contributed by atoms with Crippen LogP contribution >= 0.6 is 0 Å². The van der Waals surface area contributed by atoms with E-state index in [9.17, 15) is 0 Å². The van der Waals surface area contributed by atoms with Crippen molar-refractivity contribution in [3.63, 3.8) is 0 Å². The minimum absolute atomic E-state index is 0.146. The number of rotatable bonds is 2. The van der Waals surface area contributed by atoms with Gasteiger partial charge in [0.1, 0.15) is 0 Å². The summed E-state index contributed by atoms with van der Waals surface area (Å²) in [5.41, 5.74) is -0.146. The van der Waals surface area contributed by atoms with Crippen molar-refractivity contribution < 1.29 is 9.47 Å². The van der Waals surface area contributed by atoms with Gasteiger partial charge >= 0.3 is 0 Å². The van der Waals surface area contributed by atoms with E-state index in [4.69, 9.17) is 15.9 Å². The minimum atomic E-state index is -0.146. The SMILES string of the molecule is C#CC1(COC)CCCOC1. The second-order valence-corrected chi connectivity index (χ2v) is 3.01. The Hall–Kier alpha value is -0.520. The summed E-state index contributed by atoms with van der Waals surface area (Å²) in [6.07, 6.45) is 7.49. The molecule has 1 unspecified atom stereocenters. The maximum absolute atomic E-state index is 5.41. The molecule has 1 aliphatic rings. The summed E-state index contributed by atoms with van der Waals surface area (Å²) < 4.78 is 10.4. The van der Waals surface area contributed by atoms with Crippen LogP contribution in [0.2, 0.25) is 0 Å². The zero-order valence-electron chi connectivity index (χ0n) is 6.93. The van der Waals surface area contributed by atoms with Crippen molar-refractivity contribution in [1.82, 2.24) is 0 Å². The molecule has 0 saturated carbocycles. The fourth-order valence-corrected chi connectivity index (χ4v) is 1.40. The molecule has 1 saturated heterocycles. The summed E-state index contributed by atoms with van der Waals surface area (Å²) in [6.45, 7) is 2.11. The molecule has 2 nitrogen and oxygen atoms in total. The van der Waals surface area contributed by atoms with E-state index in [2.05, 4.69) is 5.92 Å². The fraction of sp³-hybridized carbons (Fsp3) is 0.778. The second kappa shape index (κ2) is 3.75. The van der Waals surface area contributed by atoms with Gasteiger partial charge < -0.3 is 9.47 Å². The van der Waals surface area contributed by atoms with Crippen molar-refractivity contribution in [3.05, 3.63) is 0 Å². The zero-order chi connectivity index (χ0) is 8.16. The third kappa shape index (κ3) is 1.95. The highest BCUT2D eigenvalue weighted by atomic mass is 16.5.